The van der Waals surface area contributed by atoms with Gasteiger partial charge in [0.2, 0.25) is 5.91 Å². The van der Waals surface area contributed by atoms with Gasteiger partial charge in [0.15, 0.2) is 6.29 Å². The first-order valence-corrected chi connectivity index (χ1v) is 30.7. The van der Waals surface area contributed by atoms with Crippen LogP contribution in [-0.2, 0) is 14.3 Å². The van der Waals surface area contributed by atoms with Crippen LogP contribution in [0, 0.1) is 0 Å². The molecule has 7 unspecified atom stereocenters. The summed E-state index contributed by atoms with van der Waals surface area (Å²) in [4.78, 5) is 13.0. The quantitative estimate of drug-likeness (QED) is 0.0261. The molecule has 1 saturated heterocycles. The van der Waals surface area contributed by atoms with Gasteiger partial charge in [-0.05, 0) is 51.4 Å². The predicted octanol–water partition coefficient (Wildman–Crippen LogP) is 15.5. The van der Waals surface area contributed by atoms with Crippen LogP contribution >= 0.6 is 0 Å². The summed E-state index contributed by atoms with van der Waals surface area (Å²) in [5.41, 5.74) is 0. The van der Waals surface area contributed by atoms with Gasteiger partial charge in [-0.25, -0.2) is 0 Å². The Balaban J connectivity index is 2.15. The lowest BCUT2D eigenvalue weighted by Crippen LogP contribution is -2.60. The van der Waals surface area contributed by atoms with Crippen molar-refractivity contribution < 1.29 is 39.8 Å². The molecule has 71 heavy (non-hydrogen) atoms. The molecule has 1 heterocycles. The molecule has 0 bridgehead atoms. The Labute approximate surface area is 438 Å². The third-order valence-electron chi connectivity index (χ3n) is 14.7. The van der Waals surface area contributed by atoms with Gasteiger partial charge in [0.05, 0.1) is 25.4 Å². The van der Waals surface area contributed by atoms with Crippen LogP contribution in [0.5, 0.6) is 0 Å². The molecule has 7 atom stereocenters. The normalized spacial score (nSPS) is 19.5. The molecular weight excluding hydrogens is 887 g/mol. The van der Waals surface area contributed by atoms with Gasteiger partial charge in [0.25, 0.3) is 0 Å². The lowest BCUT2D eigenvalue weighted by molar-refractivity contribution is -0.302. The highest BCUT2D eigenvalue weighted by atomic mass is 16.7. The Kier molecular flexibility index (Phi) is 49.3. The molecule has 0 saturated carbocycles. The lowest BCUT2D eigenvalue weighted by atomic mass is 9.99. The second-order valence-corrected chi connectivity index (χ2v) is 21.5. The number of rotatable bonds is 53. The van der Waals surface area contributed by atoms with Crippen LogP contribution in [0.2, 0.25) is 0 Å². The maximum absolute atomic E-state index is 13.0. The average Bonchev–Trinajstić information content (AvgIpc) is 3.37. The number of amides is 1. The molecule has 1 rings (SSSR count). The average molecular weight is 1000 g/mol. The van der Waals surface area contributed by atoms with Crippen LogP contribution in [0.3, 0.4) is 0 Å². The topological polar surface area (TPSA) is 149 Å². The standard InChI is InChI=1S/C62H117NO8/c1-3-5-7-9-11-13-15-17-19-21-22-23-24-25-26-27-28-29-30-31-32-33-34-35-36-37-39-41-43-45-47-49-51-56(65)55(54-70-62-61(69)60(68)59(67)57(53-64)71-62)63-58(66)52-50-48-46-44-42-40-38-20-18-16-14-12-10-8-6-4-2/h14,16,20,38,49,51,55-57,59-62,64-65,67-69H,3-13,15,17-19,21-37,39-48,50,52-54H2,1-2H3,(H,63,66)/b16-14-,38-20-,51-49+. The van der Waals surface area contributed by atoms with Crippen molar-refractivity contribution in [3.05, 3.63) is 36.5 Å². The van der Waals surface area contributed by atoms with Crippen LogP contribution in [0.1, 0.15) is 296 Å². The number of ether oxygens (including phenoxy) is 2. The third-order valence-corrected chi connectivity index (χ3v) is 14.7. The van der Waals surface area contributed by atoms with E-state index in [1.807, 2.05) is 6.08 Å². The Hall–Kier alpha value is -1.59. The fraction of sp³-hybridized carbons (Fsp3) is 0.887. The van der Waals surface area contributed by atoms with Crippen molar-refractivity contribution in [3.8, 4) is 0 Å². The van der Waals surface area contributed by atoms with Crippen molar-refractivity contribution >= 4 is 5.91 Å². The summed E-state index contributed by atoms with van der Waals surface area (Å²) in [6.07, 6.45) is 60.9. The second-order valence-electron chi connectivity index (χ2n) is 21.5. The summed E-state index contributed by atoms with van der Waals surface area (Å²) in [6, 6.07) is -0.813. The number of hydrogen-bond acceptors (Lipinski definition) is 8. The van der Waals surface area contributed by atoms with Crippen LogP contribution in [0.15, 0.2) is 36.5 Å². The van der Waals surface area contributed by atoms with E-state index >= 15 is 0 Å². The van der Waals surface area contributed by atoms with Gasteiger partial charge in [-0.15, -0.1) is 0 Å². The van der Waals surface area contributed by atoms with E-state index in [4.69, 9.17) is 9.47 Å². The zero-order chi connectivity index (χ0) is 51.5. The van der Waals surface area contributed by atoms with E-state index in [0.717, 1.165) is 64.2 Å². The predicted molar refractivity (Wildman–Crippen MR) is 300 cm³/mol. The van der Waals surface area contributed by atoms with Crippen molar-refractivity contribution in [2.75, 3.05) is 13.2 Å². The molecule has 0 aliphatic carbocycles. The first kappa shape index (κ1) is 67.4. The van der Waals surface area contributed by atoms with Crippen molar-refractivity contribution in [3.63, 3.8) is 0 Å². The summed E-state index contributed by atoms with van der Waals surface area (Å²) >= 11 is 0. The third kappa shape index (κ3) is 41.4. The van der Waals surface area contributed by atoms with Gasteiger partial charge < -0.3 is 40.3 Å². The van der Waals surface area contributed by atoms with Crippen LogP contribution in [0.25, 0.3) is 0 Å². The number of carbonyl (C=O) groups excluding carboxylic acids is 1. The van der Waals surface area contributed by atoms with Gasteiger partial charge in [0.1, 0.15) is 24.4 Å². The zero-order valence-electron chi connectivity index (χ0n) is 46.5. The van der Waals surface area contributed by atoms with Gasteiger partial charge in [-0.2, -0.15) is 0 Å². The molecule has 1 aliphatic rings. The van der Waals surface area contributed by atoms with E-state index < -0.39 is 49.5 Å². The fourth-order valence-corrected chi connectivity index (χ4v) is 9.84. The zero-order valence-corrected chi connectivity index (χ0v) is 46.5. The first-order valence-electron chi connectivity index (χ1n) is 30.7. The van der Waals surface area contributed by atoms with Crippen molar-refractivity contribution in [2.24, 2.45) is 0 Å². The molecule has 1 fully saturated rings. The summed E-state index contributed by atoms with van der Waals surface area (Å²) in [5.74, 6) is -0.188. The summed E-state index contributed by atoms with van der Waals surface area (Å²) in [6.45, 7) is 3.78. The molecule has 1 aliphatic heterocycles. The van der Waals surface area contributed by atoms with Crippen molar-refractivity contribution in [1.82, 2.24) is 5.32 Å². The van der Waals surface area contributed by atoms with Gasteiger partial charge >= 0.3 is 0 Å². The van der Waals surface area contributed by atoms with Gasteiger partial charge in [-0.1, -0.05) is 275 Å². The summed E-state index contributed by atoms with van der Waals surface area (Å²) in [7, 11) is 0. The van der Waals surface area contributed by atoms with E-state index in [2.05, 4.69) is 43.5 Å². The largest absolute Gasteiger partial charge is 0.394 e. The number of unbranched alkanes of at least 4 members (excludes halogenated alkanes) is 39. The minimum Gasteiger partial charge on any atom is -0.394 e. The molecule has 0 aromatic carbocycles. The molecule has 0 radical (unpaired) electrons. The van der Waals surface area contributed by atoms with Gasteiger partial charge in [-0.3, -0.25) is 4.79 Å². The molecule has 0 aromatic rings. The Morgan fingerprint density at radius 2 is 0.831 bits per heavy atom. The highest BCUT2D eigenvalue weighted by molar-refractivity contribution is 5.76. The number of allylic oxidation sites excluding steroid dienone is 5. The van der Waals surface area contributed by atoms with E-state index in [0.29, 0.717) is 6.42 Å². The monoisotopic (exact) mass is 1000 g/mol. The molecule has 6 N–H and O–H groups in total. The minimum absolute atomic E-state index is 0.188. The summed E-state index contributed by atoms with van der Waals surface area (Å²) in [5, 5.41) is 54.5. The molecule has 9 heteroatoms. The maximum Gasteiger partial charge on any atom is 0.220 e. The molecule has 9 nitrogen and oxygen atoms in total. The fourth-order valence-electron chi connectivity index (χ4n) is 9.84. The molecular formula is C62H117NO8. The number of carbonyl (C=O) groups is 1. The number of hydrogen-bond donors (Lipinski definition) is 6. The Morgan fingerprint density at radius 1 is 0.479 bits per heavy atom. The van der Waals surface area contributed by atoms with Gasteiger partial charge in [0, 0.05) is 6.42 Å². The minimum atomic E-state index is -1.57. The van der Waals surface area contributed by atoms with E-state index in [1.54, 1.807) is 6.08 Å². The van der Waals surface area contributed by atoms with Crippen molar-refractivity contribution in [1.29, 1.82) is 0 Å². The van der Waals surface area contributed by atoms with E-state index in [9.17, 15) is 30.3 Å². The maximum atomic E-state index is 13.0. The van der Waals surface area contributed by atoms with E-state index in [-0.39, 0.29) is 12.5 Å². The van der Waals surface area contributed by atoms with E-state index in [1.165, 1.54) is 212 Å². The van der Waals surface area contributed by atoms with Crippen LogP contribution in [0.4, 0.5) is 0 Å². The van der Waals surface area contributed by atoms with Crippen LogP contribution < -0.4 is 5.32 Å². The Bertz CT molecular complexity index is 1210. The molecule has 0 spiro atoms. The molecule has 1 amide bonds. The molecule has 418 valence electrons. The lowest BCUT2D eigenvalue weighted by Gasteiger charge is -2.40. The van der Waals surface area contributed by atoms with Crippen LogP contribution in [-0.4, -0.2) is 87.5 Å². The highest BCUT2D eigenvalue weighted by Crippen LogP contribution is 2.23. The van der Waals surface area contributed by atoms with Crippen molar-refractivity contribution in [2.45, 2.75) is 339 Å². The second kappa shape index (κ2) is 51.9. The number of aliphatic hydroxyl groups excluding tert-OH is 5. The first-order chi connectivity index (χ1) is 34.8. The molecule has 0 aromatic heterocycles. The number of aliphatic hydroxyl groups is 5. The SMILES string of the molecule is CCCCCC/C=C\C/C=C\CCCCCCCC(=O)NC(COC1OC(CO)C(O)C(O)C1O)C(O)/C=C/CCCCCCCCCCCCCCCCCCCCCCCCCCCCCCCC. The summed E-state index contributed by atoms with van der Waals surface area (Å²) < 4.78 is 11.3. The Morgan fingerprint density at radius 3 is 1.23 bits per heavy atom. The smallest absolute Gasteiger partial charge is 0.220 e. The number of nitrogens with one attached hydrogen (secondary N) is 1. The highest BCUT2D eigenvalue weighted by Gasteiger charge is 2.44.